The van der Waals surface area contributed by atoms with Crippen molar-refractivity contribution in [2.45, 2.75) is 19.9 Å². The van der Waals surface area contributed by atoms with E-state index in [9.17, 15) is 9.59 Å². The summed E-state index contributed by atoms with van der Waals surface area (Å²) in [7, 11) is 0. The number of carbonyl (C=O) groups is 2. The number of amides is 2. The molecule has 1 aromatic rings. The third kappa shape index (κ3) is 4.84. The first-order valence-corrected chi connectivity index (χ1v) is 7.96. The fourth-order valence-corrected chi connectivity index (χ4v) is 2.68. The Balaban J connectivity index is 1.76. The van der Waals surface area contributed by atoms with Gasteiger partial charge in [-0.05, 0) is 12.5 Å². The van der Waals surface area contributed by atoms with Gasteiger partial charge in [-0.2, -0.15) is 0 Å². The fourth-order valence-electron chi connectivity index (χ4n) is 2.68. The summed E-state index contributed by atoms with van der Waals surface area (Å²) in [6.07, 6.45) is 1.45. The smallest absolute Gasteiger partial charge is 0.224 e. The number of piperazine rings is 1. The zero-order chi connectivity index (χ0) is 15.8. The number of nitrogens with zero attached hydrogens (tertiary/aromatic N) is 3. The predicted molar refractivity (Wildman–Crippen MR) is 86.2 cm³/mol. The van der Waals surface area contributed by atoms with Crippen LogP contribution in [0.2, 0.25) is 0 Å². The van der Waals surface area contributed by atoms with Gasteiger partial charge in [-0.1, -0.05) is 30.3 Å². The molecule has 22 heavy (non-hydrogen) atoms. The normalized spacial score (nSPS) is 15.6. The minimum Gasteiger partial charge on any atom is -0.343 e. The summed E-state index contributed by atoms with van der Waals surface area (Å²) in [5, 5.41) is 0. The van der Waals surface area contributed by atoms with Gasteiger partial charge in [-0.25, -0.2) is 0 Å². The molecule has 0 spiro atoms. The molecule has 5 heteroatoms. The van der Waals surface area contributed by atoms with Crippen molar-refractivity contribution in [2.24, 2.45) is 0 Å². The van der Waals surface area contributed by atoms with Crippen LogP contribution in [-0.2, 0) is 16.1 Å². The molecule has 0 aromatic heterocycles. The van der Waals surface area contributed by atoms with Gasteiger partial charge in [0.2, 0.25) is 12.3 Å². The second kappa shape index (κ2) is 8.54. The molecule has 1 saturated heterocycles. The van der Waals surface area contributed by atoms with Crippen LogP contribution in [0.25, 0.3) is 0 Å². The van der Waals surface area contributed by atoms with Gasteiger partial charge in [0, 0.05) is 52.2 Å². The zero-order valence-corrected chi connectivity index (χ0v) is 13.3. The lowest BCUT2D eigenvalue weighted by molar-refractivity contribution is -0.132. The maximum absolute atomic E-state index is 12.4. The zero-order valence-electron chi connectivity index (χ0n) is 13.3. The number of hydrogen-bond donors (Lipinski definition) is 0. The maximum atomic E-state index is 12.4. The molecule has 0 saturated carbocycles. The summed E-state index contributed by atoms with van der Waals surface area (Å²) < 4.78 is 0. The van der Waals surface area contributed by atoms with Gasteiger partial charge in [0.25, 0.3) is 0 Å². The van der Waals surface area contributed by atoms with Gasteiger partial charge in [0.05, 0.1) is 0 Å². The van der Waals surface area contributed by atoms with Crippen LogP contribution in [0.15, 0.2) is 30.3 Å². The van der Waals surface area contributed by atoms with Gasteiger partial charge in [-0.15, -0.1) is 0 Å². The van der Waals surface area contributed by atoms with E-state index in [-0.39, 0.29) is 5.91 Å². The minimum atomic E-state index is 0.198. The van der Waals surface area contributed by atoms with E-state index < -0.39 is 0 Å². The van der Waals surface area contributed by atoms with Crippen molar-refractivity contribution in [1.82, 2.24) is 14.7 Å². The van der Waals surface area contributed by atoms with Crippen LogP contribution in [0.1, 0.15) is 18.9 Å². The predicted octanol–water partition coefficient (Wildman–Crippen LogP) is 1.20. The molecule has 5 nitrogen and oxygen atoms in total. The second-order valence-corrected chi connectivity index (χ2v) is 5.63. The molecule has 0 N–H and O–H groups in total. The molecule has 1 aliphatic heterocycles. The topological polar surface area (TPSA) is 43.9 Å². The van der Waals surface area contributed by atoms with Crippen molar-refractivity contribution in [3.8, 4) is 0 Å². The van der Waals surface area contributed by atoms with Crippen molar-refractivity contribution in [2.75, 3.05) is 39.3 Å². The third-order valence-electron chi connectivity index (χ3n) is 4.15. The first-order chi connectivity index (χ1) is 10.7. The van der Waals surface area contributed by atoms with E-state index in [4.69, 9.17) is 0 Å². The first-order valence-electron chi connectivity index (χ1n) is 7.96. The van der Waals surface area contributed by atoms with Gasteiger partial charge in [-0.3, -0.25) is 14.5 Å². The molecular formula is C17H25N3O2. The largest absolute Gasteiger partial charge is 0.343 e. The van der Waals surface area contributed by atoms with Crippen LogP contribution < -0.4 is 0 Å². The molecule has 120 valence electrons. The molecule has 0 radical (unpaired) electrons. The van der Waals surface area contributed by atoms with Crippen LogP contribution in [0, 0.1) is 0 Å². The summed E-state index contributed by atoms with van der Waals surface area (Å²) in [5.74, 6) is 0.198. The monoisotopic (exact) mass is 303 g/mol. The summed E-state index contributed by atoms with van der Waals surface area (Å²) in [6, 6.07) is 10.1. The van der Waals surface area contributed by atoms with Gasteiger partial charge in [0.15, 0.2) is 0 Å². The molecule has 1 heterocycles. The van der Waals surface area contributed by atoms with Crippen LogP contribution in [-0.4, -0.2) is 66.3 Å². The standard InChI is InChI=1S/C17H25N3O2/c1-2-20(14-16-6-4-3-5-7-16)17(22)8-9-18-10-12-19(15-21)13-11-18/h3-7,15H,2,8-14H2,1H3. The molecule has 1 fully saturated rings. The number of benzene rings is 1. The lowest BCUT2D eigenvalue weighted by atomic mass is 10.2. The molecular weight excluding hydrogens is 278 g/mol. The van der Waals surface area contributed by atoms with Crippen molar-refractivity contribution in [3.05, 3.63) is 35.9 Å². The Kier molecular flexibility index (Phi) is 6.40. The van der Waals surface area contributed by atoms with Gasteiger partial charge >= 0.3 is 0 Å². The molecule has 0 aliphatic carbocycles. The molecule has 2 rings (SSSR count). The number of carbonyl (C=O) groups excluding carboxylic acids is 2. The molecule has 1 aromatic carbocycles. The highest BCUT2D eigenvalue weighted by molar-refractivity contribution is 5.76. The van der Waals surface area contributed by atoms with E-state index in [1.807, 2.05) is 30.0 Å². The maximum Gasteiger partial charge on any atom is 0.224 e. The Morgan fingerprint density at radius 1 is 1.18 bits per heavy atom. The molecule has 0 unspecified atom stereocenters. The van der Waals surface area contributed by atoms with Crippen LogP contribution in [0.4, 0.5) is 0 Å². The Labute approximate surface area is 132 Å². The Bertz CT molecular complexity index is 470. The number of hydrogen-bond acceptors (Lipinski definition) is 3. The van der Waals surface area contributed by atoms with Crippen LogP contribution >= 0.6 is 0 Å². The van der Waals surface area contributed by atoms with Crippen molar-refractivity contribution in [3.63, 3.8) is 0 Å². The highest BCUT2D eigenvalue weighted by Gasteiger charge is 2.18. The van der Waals surface area contributed by atoms with Gasteiger partial charge < -0.3 is 9.80 Å². The van der Waals surface area contributed by atoms with Crippen molar-refractivity contribution in [1.29, 1.82) is 0 Å². The lowest BCUT2D eigenvalue weighted by Gasteiger charge is -2.32. The minimum absolute atomic E-state index is 0.198. The van der Waals surface area contributed by atoms with Crippen molar-refractivity contribution >= 4 is 12.3 Å². The van der Waals surface area contributed by atoms with E-state index in [2.05, 4.69) is 17.0 Å². The van der Waals surface area contributed by atoms with Gasteiger partial charge in [0.1, 0.15) is 0 Å². The summed E-state index contributed by atoms with van der Waals surface area (Å²) >= 11 is 0. The quantitative estimate of drug-likeness (QED) is 0.711. The summed E-state index contributed by atoms with van der Waals surface area (Å²) in [6.45, 7) is 7.44. The Morgan fingerprint density at radius 3 is 2.45 bits per heavy atom. The van der Waals surface area contributed by atoms with Crippen LogP contribution in [0.3, 0.4) is 0 Å². The fraction of sp³-hybridized carbons (Fsp3) is 0.529. The SMILES string of the molecule is CCN(Cc1ccccc1)C(=O)CCN1CCN(C=O)CC1. The third-order valence-corrected chi connectivity index (χ3v) is 4.15. The average Bonchev–Trinajstić information content (AvgIpc) is 2.59. The van der Waals surface area contributed by atoms with Crippen molar-refractivity contribution < 1.29 is 9.59 Å². The summed E-state index contributed by atoms with van der Waals surface area (Å²) in [5.41, 5.74) is 1.16. The highest BCUT2D eigenvalue weighted by atomic mass is 16.2. The molecule has 2 amide bonds. The van der Waals surface area contributed by atoms with E-state index >= 15 is 0 Å². The van der Waals surface area contributed by atoms with Crippen LogP contribution in [0.5, 0.6) is 0 Å². The molecule has 0 bridgehead atoms. The van der Waals surface area contributed by atoms with E-state index in [0.29, 0.717) is 13.0 Å². The number of rotatable bonds is 7. The Morgan fingerprint density at radius 2 is 1.86 bits per heavy atom. The molecule has 1 aliphatic rings. The van der Waals surface area contributed by atoms with E-state index in [1.54, 1.807) is 4.90 Å². The first kappa shape index (κ1) is 16.5. The molecule has 0 atom stereocenters. The highest BCUT2D eigenvalue weighted by Crippen LogP contribution is 2.07. The summed E-state index contributed by atoms with van der Waals surface area (Å²) in [4.78, 5) is 29.0. The second-order valence-electron chi connectivity index (χ2n) is 5.63. The van der Waals surface area contributed by atoms with E-state index in [1.165, 1.54) is 0 Å². The average molecular weight is 303 g/mol. The lowest BCUT2D eigenvalue weighted by Crippen LogP contribution is -2.46. The van der Waals surface area contributed by atoms with E-state index in [0.717, 1.165) is 51.2 Å². The Hall–Kier alpha value is -1.88.